The Kier molecular flexibility index (Phi) is 3.52. The molecule has 1 unspecified atom stereocenters. The number of nitrogens with zero attached hydrogens (tertiary/aromatic N) is 2. The van der Waals surface area contributed by atoms with Crippen molar-refractivity contribution in [1.82, 2.24) is 15.5 Å². The van der Waals surface area contributed by atoms with Crippen molar-refractivity contribution < 1.29 is 13.2 Å². The molecule has 0 aliphatic rings. The molecule has 2 rings (SSSR count). The van der Waals surface area contributed by atoms with Gasteiger partial charge < -0.3 is 15.1 Å². The fourth-order valence-electron chi connectivity index (χ4n) is 1.29. The molecule has 2 aromatic rings. The summed E-state index contributed by atoms with van der Waals surface area (Å²) in [5, 5.41) is 13.0. The van der Waals surface area contributed by atoms with Gasteiger partial charge in [-0.15, -0.1) is 5.10 Å². The molecule has 1 aromatic carbocycles. The lowest BCUT2D eigenvalue weighted by atomic mass is 10.3. The van der Waals surface area contributed by atoms with Crippen molar-refractivity contribution >= 4 is 11.7 Å². The zero-order valence-corrected chi connectivity index (χ0v) is 9.87. The first-order valence-electron chi connectivity index (χ1n) is 5.33. The van der Waals surface area contributed by atoms with E-state index in [1.54, 1.807) is 7.05 Å². The van der Waals surface area contributed by atoms with E-state index in [4.69, 9.17) is 4.42 Å². The number of aromatic nitrogens is 2. The Morgan fingerprint density at radius 1 is 1.28 bits per heavy atom. The summed E-state index contributed by atoms with van der Waals surface area (Å²) in [6.07, 6.45) is 0. The van der Waals surface area contributed by atoms with Crippen molar-refractivity contribution in [3.05, 3.63) is 35.7 Å². The van der Waals surface area contributed by atoms with Crippen LogP contribution in [0.3, 0.4) is 0 Å². The van der Waals surface area contributed by atoms with Gasteiger partial charge in [0.2, 0.25) is 5.89 Å². The van der Waals surface area contributed by atoms with Crippen LogP contribution in [-0.2, 0) is 0 Å². The topological polar surface area (TPSA) is 63.0 Å². The Hall–Kier alpha value is -2.02. The third-order valence-electron chi connectivity index (χ3n) is 2.42. The molecule has 18 heavy (non-hydrogen) atoms. The van der Waals surface area contributed by atoms with Crippen LogP contribution in [0.4, 0.5) is 20.5 Å². The molecule has 0 radical (unpaired) electrons. The summed E-state index contributed by atoms with van der Waals surface area (Å²) in [4.78, 5) is 0. The van der Waals surface area contributed by atoms with Crippen molar-refractivity contribution in [2.75, 3.05) is 12.4 Å². The molecule has 2 N–H and O–H groups in total. The molecule has 1 heterocycles. The number of anilines is 2. The highest BCUT2D eigenvalue weighted by atomic mass is 19.1. The highest BCUT2D eigenvalue weighted by Crippen LogP contribution is 2.21. The summed E-state index contributed by atoms with van der Waals surface area (Å²) >= 11 is 0. The number of rotatable bonds is 4. The van der Waals surface area contributed by atoms with Crippen molar-refractivity contribution in [3.63, 3.8) is 0 Å². The van der Waals surface area contributed by atoms with Gasteiger partial charge in [0.05, 0.1) is 11.7 Å². The third kappa shape index (κ3) is 2.62. The molecule has 1 atom stereocenters. The molecular formula is C11H12F2N4O. The Balaban J connectivity index is 2.16. The quantitative estimate of drug-likeness (QED) is 0.877. The molecule has 7 heteroatoms. The minimum atomic E-state index is -0.726. The van der Waals surface area contributed by atoms with E-state index in [0.717, 1.165) is 12.1 Å². The van der Waals surface area contributed by atoms with Gasteiger partial charge in [-0.2, -0.15) is 0 Å². The molecule has 0 spiro atoms. The second-order valence-corrected chi connectivity index (χ2v) is 3.70. The Morgan fingerprint density at radius 3 is 2.72 bits per heavy atom. The third-order valence-corrected chi connectivity index (χ3v) is 2.42. The van der Waals surface area contributed by atoms with Crippen molar-refractivity contribution in [2.45, 2.75) is 13.0 Å². The summed E-state index contributed by atoms with van der Waals surface area (Å²) in [5.41, 5.74) is 0.0729. The molecule has 0 bridgehead atoms. The lowest BCUT2D eigenvalue weighted by Crippen LogP contribution is -2.12. The second-order valence-electron chi connectivity index (χ2n) is 3.70. The molecule has 0 fully saturated rings. The zero-order valence-electron chi connectivity index (χ0n) is 9.87. The van der Waals surface area contributed by atoms with Crippen LogP contribution in [0.2, 0.25) is 0 Å². The lowest BCUT2D eigenvalue weighted by Gasteiger charge is -2.04. The normalized spacial score (nSPS) is 12.4. The summed E-state index contributed by atoms with van der Waals surface area (Å²) < 4.78 is 31.3. The van der Waals surface area contributed by atoms with Gasteiger partial charge in [0.25, 0.3) is 0 Å². The summed E-state index contributed by atoms with van der Waals surface area (Å²) in [7, 11) is 1.75. The van der Waals surface area contributed by atoms with Gasteiger partial charge in [-0.3, -0.25) is 0 Å². The van der Waals surface area contributed by atoms with Crippen molar-refractivity contribution in [2.24, 2.45) is 0 Å². The molecule has 5 nitrogen and oxygen atoms in total. The number of hydrogen-bond donors (Lipinski definition) is 2. The highest BCUT2D eigenvalue weighted by Gasteiger charge is 2.13. The Labute approximate surface area is 102 Å². The van der Waals surface area contributed by atoms with E-state index in [1.807, 2.05) is 6.92 Å². The average molecular weight is 254 g/mol. The molecule has 0 saturated heterocycles. The first-order valence-corrected chi connectivity index (χ1v) is 5.33. The molecule has 0 aliphatic heterocycles. The highest BCUT2D eigenvalue weighted by molar-refractivity contribution is 5.52. The first-order chi connectivity index (χ1) is 8.60. The number of hydrogen-bond acceptors (Lipinski definition) is 5. The van der Waals surface area contributed by atoms with Crippen LogP contribution in [-0.4, -0.2) is 17.2 Å². The Bertz CT molecular complexity index is 544. The maximum Gasteiger partial charge on any atom is 0.320 e. The number of halogens is 2. The SMILES string of the molecule is CNC(C)c1nnc(Nc2ccc(F)cc2F)o1. The van der Waals surface area contributed by atoms with E-state index in [0.29, 0.717) is 5.89 Å². The summed E-state index contributed by atoms with van der Waals surface area (Å²) in [6.45, 7) is 1.84. The van der Waals surface area contributed by atoms with E-state index >= 15 is 0 Å². The molecule has 0 saturated carbocycles. The maximum absolute atomic E-state index is 13.4. The molecular weight excluding hydrogens is 242 g/mol. The standard InChI is InChI=1S/C11H12F2N4O/c1-6(14-2)10-16-17-11(18-10)15-9-4-3-7(12)5-8(9)13/h3-6,14H,1-2H3,(H,15,17). The first kappa shape index (κ1) is 12.4. The fraction of sp³-hybridized carbons (Fsp3) is 0.273. The average Bonchev–Trinajstić information content (AvgIpc) is 2.80. The molecule has 0 aliphatic carbocycles. The Morgan fingerprint density at radius 2 is 2.06 bits per heavy atom. The van der Waals surface area contributed by atoms with Crippen LogP contribution in [0.15, 0.2) is 22.6 Å². The van der Waals surface area contributed by atoms with Crippen LogP contribution in [0.1, 0.15) is 18.9 Å². The van der Waals surface area contributed by atoms with Crippen LogP contribution in [0.25, 0.3) is 0 Å². The summed E-state index contributed by atoms with van der Waals surface area (Å²) in [5.74, 6) is -0.994. The van der Waals surface area contributed by atoms with Gasteiger partial charge in [0.15, 0.2) is 0 Å². The van der Waals surface area contributed by atoms with E-state index in [2.05, 4.69) is 20.8 Å². The van der Waals surface area contributed by atoms with E-state index in [9.17, 15) is 8.78 Å². The predicted octanol–water partition coefficient (Wildman–Crippen LogP) is 2.37. The van der Waals surface area contributed by atoms with Gasteiger partial charge in [-0.25, -0.2) is 8.78 Å². The molecule has 1 aromatic heterocycles. The number of nitrogens with one attached hydrogen (secondary N) is 2. The van der Waals surface area contributed by atoms with E-state index < -0.39 is 11.6 Å². The largest absolute Gasteiger partial charge is 0.406 e. The minimum Gasteiger partial charge on any atom is -0.406 e. The summed E-state index contributed by atoms with van der Waals surface area (Å²) in [6, 6.07) is 3.12. The lowest BCUT2D eigenvalue weighted by molar-refractivity contribution is 0.443. The van der Waals surface area contributed by atoms with Gasteiger partial charge in [-0.05, 0) is 26.1 Å². The predicted molar refractivity (Wildman–Crippen MR) is 61.4 cm³/mol. The molecule has 96 valence electrons. The van der Waals surface area contributed by atoms with Crippen LogP contribution in [0, 0.1) is 11.6 Å². The van der Waals surface area contributed by atoms with E-state index in [-0.39, 0.29) is 17.7 Å². The van der Waals surface area contributed by atoms with Gasteiger partial charge in [-0.1, -0.05) is 5.10 Å². The van der Waals surface area contributed by atoms with Gasteiger partial charge in [0.1, 0.15) is 11.6 Å². The zero-order chi connectivity index (χ0) is 13.1. The van der Waals surface area contributed by atoms with Gasteiger partial charge >= 0.3 is 6.01 Å². The molecule has 0 amide bonds. The fourth-order valence-corrected chi connectivity index (χ4v) is 1.29. The number of benzene rings is 1. The van der Waals surface area contributed by atoms with Crippen LogP contribution >= 0.6 is 0 Å². The second kappa shape index (κ2) is 5.09. The van der Waals surface area contributed by atoms with Crippen molar-refractivity contribution in [1.29, 1.82) is 0 Å². The van der Waals surface area contributed by atoms with Gasteiger partial charge in [0, 0.05) is 6.07 Å². The van der Waals surface area contributed by atoms with Crippen LogP contribution < -0.4 is 10.6 Å². The van der Waals surface area contributed by atoms with Crippen molar-refractivity contribution in [3.8, 4) is 0 Å². The monoisotopic (exact) mass is 254 g/mol. The maximum atomic E-state index is 13.4. The van der Waals surface area contributed by atoms with Crippen LogP contribution in [0.5, 0.6) is 0 Å². The minimum absolute atomic E-state index is 0.0533. The van der Waals surface area contributed by atoms with E-state index in [1.165, 1.54) is 6.07 Å². The smallest absolute Gasteiger partial charge is 0.320 e.